The van der Waals surface area contributed by atoms with Gasteiger partial charge >= 0.3 is 11.8 Å². The highest BCUT2D eigenvalue weighted by Gasteiger charge is 2.37. The number of ether oxygens (including phenoxy) is 1. The maximum atomic E-state index is 14.4. The molecule has 0 saturated heterocycles. The van der Waals surface area contributed by atoms with Gasteiger partial charge in [-0.25, -0.2) is 0 Å². The molecule has 3 rings (SSSR count). The number of hydrogen-bond acceptors (Lipinski definition) is 17. The van der Waals surface area contributed by atoms with E-state index in [1.165, 1.54) is 25.3 Å². The van der Waals surface area contributed by atoms with Crippen molar-refractivity contribution in [2.75, 3.05) is 32.1 Å². The summed E-state index contributed by atoms with van der Waals surface area (Å²) >= 11 is 0. The lowest BCUT2D eigenvalue weighted by atomic mass is 9.95. The molecule has 20 N–H and O–H groups in total. The van der Waals surface area contributed by atoms with E-state index in [0.717, 1.165) is 0 Å². The Morgan fingerprint density at radius 3 is 1.63 bits per heavy atom. The van der Waals surface area contributed by atoms with Crippen molar-refractivity contribution >= 4 is 82.5 Å². The van der Waals surface area contributed by atoms with Crippen LogP contribution in [-0.2, 0) is 64.0 Å². The smallest absolute Gasteiger partial charge is 0.313 e. The predicted octanol–water partition coefficient (Wildman–Crippen LogP) is -1.71. The number of amides is 13. The highest BCUT2D eigenvalue weighted by atomic mass is 16.5. The Bertz CT molecular complexity index is 2860. The van der Waals surface area contributed by atoms with Crippen molar-refractivity contribution in [2.45, 2.75) is 187 Å². The van der Waals surface area contributed by atoms with Crippen molar-refractivity contribution in [3.05, 3.63) is 59.7 Å². The number of benzene rings is 2. The lowest BCUT2D eigenvalue weighted by molar-refractivity contribution is -0.138. The normalized spacial score (nSPS) is 24.0. The molecule has 0 aliphatic carbocycles. The molecule has 0 radical (unpaired) electrons. The third kappa shape index (κ3) is 26.2. The van der Waals surface area contributed by atoms with Crippen molar-refractivity contribution in [1.82, 2.24) is 58.7 Å². The number of primary amides is 1. The van der Waals surface area contributed by atoms with Gasteiger partial charge in [-0.1, -0.05) is 92.1 Å². The van der Waals surface area contributed by atoms with E-state index in [-0.39, 0.29) is 100 Å². The number of anilines is 1. The lowest BCUT2D eigenvalue weighted by Crippen LogP contribution is -2.61. The highest BCUT2D eigenvalue weighted by molar-refractivity contribution is 6.40. The first-order valence-electron chi connectivity index (χ1n) is 31.3. The summed E-state index contributed by atoms with van der Waals surface area (Å²) in [7, 11) is 1.27. The molecular formula is C62H98N16O14. The maximum Gasteiger partial charge on any atom is 0.313 e. The van der Waals surface area contributed by atoms with Gasteiger partial charge in [0, 0.05) is 31.6 Å². The van der Waals surface area contributed by atoms with Crippen LogP contribution in [0.3, 0.4) is 0 Å². The largest absolute Gasteiger partial charge is 0.496 e. The number of unbranched alkanes of at least 4 members (excludes halogenated alkanes) is 1. The highest BCUT2D eigenvalue weighted by Crippen LogP contribution is 2.23. The van der Waals surface area contributed by atoms with Crippen LogP contribution in [0.15, 0.2) is 48.5 Å². The summed E-state index contributed by atoms with van der Waals surface area (Å²) in [6.07, 6.45) is 0.933. The van der Waals surface area contributed by atoms with Gasteiger partial charge in [0.25, 0.3) is 11.8 Å². The van der Waals surface area contributed by atoms with Gasteiger partial charge in [-0.05, 0) is 112 Å². The van der Waals surface area contributed by atoms with Crippen LogP contribution in [0.5, 0.6) is 5.75 Å². The third-order valence-electron chi connectivity index (χ3n) is 15.3. The Kier molecular flexibility index (Phi) is 33.2. The molecule has 0 fully saturated rings. The SMILES string of the molecule is CC[C@H](C)[C@@H]1NC(=O)[C@H](CCC(N)=O)NC(=O)[C@H](C(C)C)NC(=O)[C@@H](N)CCCNC(=O)[C@H](CC(C)C)NC(=O)[C@H](CCCCN)NC(=O)C(=O)Nc2ccc(OC)c(c2)C(=O)NNC(=O)[C@@H](N)CCCNC(=O)[C@H](Cc2ccccc2)NC(=O)[C@H](C(C)C)NC1=O. The molecule has 0 saturated carbocycles. The first-order valence-corrected chi connectivity index (χ1v) is 31.3. The average Bonchev–Trinajstić information content (AvgIpc) is 1.06. The van der Waals surface area contributed by atoms with Crippen LogP contribution in [-0.4, -0.2) is 158 Å². The number of fused-ring (bicyclic) bond motifs is 2. The van der Waals surface area contributed by atoms with E-state index in [1.807, 2.05) is 13.8 Å². The molecule has 2 aromatic rings. The molecule has 30 nitrogen and oxygen atoms in total. The van der Waals surface area contributed by atoms with E-state index in [4.69, 9.17) is 27.7 Å². The third-order valence-corrected chi connectivity index (χ3v) is 15.3. The van der Waals surface area contributed by atoms with Gasteiger partial charge in [0.05, 0.1) is 24.8 Å². The Hall–Kier alpha value is -8.77. The predicted molar refractivity (Wildman–Crippen MR) is 341 cm³/mol. The second-order valence-electron chi connectivity index (χ2n) is 24.0. The van der Waals surface area contributed by atoms with Crippen molar-refractivity contribution in [2.24, 2.45) is 46.6 Å². The first-order chi connectivity index (χ1) is 43.5. The Morgan fingerprint density at radius 2 is 1.08 bits per heavy atom. The van der Waals surface area contributed by atoms with Crippen molar-refractivity contribution in [1.29, 1.82) is 0 Å². The summed E-state index contributed by atoms with van der Waals surface area (Å²) in [6.45, 7) is 13.9. The van der Waals surface area contributed by atoms with Gasteiger partial charge in [0.15, 0.2) is 0 Å². The summed E-state index contributed by atoms with van der Waals surface area (Å²) in [5.41, 5.74) is 28.6. The van der Waals surface area contributed by atoms with Crippen LogP contribution in [0.1, 0.15) is 142 Å². The molecule has 13 amide bonds. The van der Waals surface area contributed by atoms with E-state index in [1.54, 1.807) is 71.9 Å². The van der Waals surface area contributed by atoms with Crippen LogP contribution in [0.2, 0.25) is 0 Å². The molecule has 2 bridgehead atoms. The Balaban J connectivity index is 2.02. The molecule has 510 valence electrons. The second kappa shape index (κ2) is 39.5. The lowest BCUT2D eigenvalue weighted by Gasteiger charge is -2.31. The maximum absolute atomic E-state index is 14.4. The average molecular weight is 1290 g/mol. The van der Waals surface area contributed by atoms with Crippen molar-refractivity contribution in [3.8, 4) is 5.75 Å². The van der Waals surface area contributed by atoms with Gasteiger partial charge in [0.2, 0.25) is 53.2 Å². The number of carbonyl (C=O) groups excluding carboxylic acids is 13. The van der Waals surface area contributed by atoms with Gasteiger partial charge in [0.1, 0.15) is 48.0 Å². The molecule has 1 heterocycles. The van der Waals surface area contributed by atoms with Gasteiger partial charge in [-0.3, -0.25) is 73.2 Å². The topological polar surface area (TPSA) is 480 Å². The molecule has 10 atom stereocenters. The minimum Gasteiger partial charge on any atom is -0.496 e. The Labute approximate surface area is 537 Å². The van der Waals surface area contributed by atoms with Crippen LogP contribution in [0, 0.1) is 23.7 Å². The van der Waals surface area contributed by atoms with E-state index in [2.05, 4.69) is 64.0 Å². The molecule has 0 spiro atoms. The fourth-order valence-electron chi connectivity index (χ4n) is 9.63. The number of nitrogens with two attached hydrogens (primary N) is 4. The molecule has 0 aromatic heterocycles. The van der Waals surface area contributed by atoms with E-state index in [0.29, 0.717) is 24.8 Å². The summed E-state index contributed by atoms with van der Waals surface area (Å²) in [4.78, 5) is 178. The first kappa shape index (κ1) is 77.5. The number of rotatable bonds is 16. The van der Waals surface area contributed by atoms with Crippen LogP contribution >= 0.6 is 0 Å². The zero-order valence-electron chi connectivity index (χ0n) is 54.3. The zero-order chi connectivity index (χ0) is 68.8. The van der Waals surface area contributed by atoms with Crippen LogP contribution in [0.25, 0.3) is 0 Å². The summed E-state index contributed by atoms with van der Waals surface area (Å²) in [5, 5.41) is 26.5. The van der Waals surface area contributed by atoms with Crippen molar-refractivity contribution in [3.63, 3.8) is 0 Å². The van der Waals surface area contributed by atoms with Gasteiger partial charge in [-0.15, -0.1) is 0 Å². The summed E-state index contributed by atoms with van der Waals surface area (Å²) in [6, 6.07) is 1.23. The summed E-state index contributed by atoms with van der Waals surface area (Å²) in [5.74, 6) is -12.8. The number of nitrogens with one attached hydrogen (secondary N) is 12. The standard InChI is InChI=1S/C62H98N16O14/c1-10-36(8)50-60(89)75-49(35(6)7)59(88)73-45(31-37-18-12-11-13-19-37)55(84)68-29-17-21-41(65)53(82)78-77-51(80)39-32-38(23-25-46(39)92-9)69-61(90)62(91)71-42(22-14-15-27-63)56(85)72-44(30-33(2)3)54(83)67-28-16-20-40(64)52(81)74-48(34(4)5)58(87)70-43(57(86)76-50)24-26-47(66)79/h11-13,18-19,23,25,32-36,40-45,48-50H,10,14-17,20-22,24,26-31,63-65H2,1-9H3,(H2,66,79)(H,67,83)(H,68,84)(H,69,90)(H,70,87)(H,71,91)(H,72,85)(H,73,88)(H,74,81)(H,75,89)(H,76,86)(H,77,80)(H,78,82)/t36-,40-,41-,42-,43-,44-,45-,48-,49-,50-/m0/s1. The van der Waals surface area contributed by atoms with Gasteiger partial charge < -0.3 is 80.8 Å². The van der Waals surface area contributed by atoms with Crippen LogP contribution in [0.4, 0.5) is 5.69 Å². The molecule has 1 aliphatic heterocycles. The minimum atomic E-state index is -1.47. The fraction of sp³-hybridized carbons (Fsp3) is 0.597. The number of hydrogen-bond donors (Lipinski definition) is 16. The summed E-state index contributed by atoms with van der Waals surface area (Å²) < 4.78 is 5.34. The van der Waals surface area contributed by atoms with Gasteiger partial charge in [-0.2, -0.15) is 0 Å². The van der Waals surface area contributed by atoms with E-state index < -0.39 is 149 Å². The number of hydrazine groups is 1. The monoisotopic (exact) mass is 1290 g/mol. The number of carbonyl (C=O) groups is 13. The Morgan fingerprint density at radius 1 is 0.554 bits per heavy atom. The zero-order valence-corrected chi connectivity index (χ0v) is 54.3. The molecular weight excluding hydrogens is 1190 g/mol. The molecule has 0 unspecified atom stereocenters. The minimum absolute atomic E-state index is 0.00112. The number of methoxy groups -OCH3 is 1. The molecule has 30 heteroatoms. The molecule has 92 heavy (non-hydrogen) atoms. The van der Waals surface area contributed by atoms with E-state index >= 15 is 0 Å². The molecule has 1 aliphatic rings. The fourth-order valence-corrected chi connectivity index (χ4v) is 9.63. The molecule has 2 aromatic carbocycles. The second-order valence-corrected chi connectivity index (χ2v) is 24.0. The van der Waals surface area contributed by atoms with Crippen molar-refractivity contribution < 1.29 is 67.1 Å². The quantitative estimate of drug-likeness (QED) is 0.0657. The van der Waals surface area contributed by atoms with Crippen LogP contribution < -0.4 is 91.7 Å². The van der Waals surface area contributed by atoms with E-state index in [9.17, 15) is 62.3 Å².